The Bertz CT molecular complexity index is 423. The first kappa shape index (κ1) is 10.3. The van der Waals surface area contributed by atoms with E-state index in [9.17, 15) is 4.79 Å². The van der Waals surface area contributed by atoms with E-state index in [1.807, 2.05) is 30.3 Å². The van der Waals surface area contributed by atoms with Gasteiger partial charge in [0.2, 0.25) is 0 Å². The maximum atomic E-state index is 11.7. The van der Waals surface area contributed by atoms with E-state index in [0.717, 1.165) is 5.56 Å². The number of allylic oxidation sites excluding steroid dienone is 1. The van der Waals surface area contributed by atoms with Gasteiger partial charge in [-0.1, -0.05) is 30.3 Å². The number of carbonyl (C=O) groups is 1. The van der Waals surface area contributed by atoms with E-state index in [1.165, 1.54) is 0 Å². The molecule has 0 bridgehead atoms. The summed E-state index contributed by atoms with van der Waals surface area (Å²) in [7, 11) is 0. The molecule has 3 heteroatoms. The van der Waals surface area contributed by atoms with E-state index < -0.39 is 0 Å². The van der Waals surface area contributed by atoms with Gasteiger partial charge in [0.15, 0.2) is 5.78 Å². The SMILES string of the molecule is O=C1C(Br)=CN=CC1Cc1ccccc1. The summed E-state index contributed by atoms with van der Waals surface area (Å²) in [6.45, 7) is 0. The Kier molecular flexibility index (Phi) is 3.11. The molecular weight excluding hydrogens is 254 g/mol. The summed E-state index contributed by atoms with van der Waals surface area (Å²) in [6.07, 6.45) is 3.97. The quantitative estimate of drug-likeness (QED) is 0.807. The Morgan fingerprint density at radius 2 is 2.00 bits per heavy atom. The summed E-state index contributed by atoms with van der Waals surface area (Å²) >= 11 is 3.21. The van der Waals surface area contributed by atoms with Crippen molar-refractivity contribution in [2.24, 2.45) is 10.9 Å². The van der Waals surface area contributed by atoms with Crippen molar-refractivity contribution in [3.05, 3.63) is 46.6 Å². The van der Waals surface area contributed by atoms with E-state index in [-0.39, 0.29) is 11.7 Å². The van der Waals surface area contributed by atoms with E-state index in [0.29, 0.717) is 10.9 Å². The predicted octanol–water partition coefficient (Wildman–Crippen LogP) is 2.74. The van der Waals surface area contributed by atoms with Gasteiger partial charge in [0.1, 0.15) is 0 Å². The van der Waals surface area contributed by atoms with Gasteiger partial charge in [0.25, 0.3) is 0 Å². The standard InChI is InChI=1S/C12H10BrNO/c13-11-8-14-7-10(12(11)15)6-9-4-2-1-3-5-9/h1-5,7-8,10H,6H2. The molecule has 2 rings (SSSR count). The normalized spacial score (nSPS) is 20.2. The Balaban J connectivity index is 2.12. The van der Waals surface area contributed by atoms with Crippen molar-refractivity contribution in [2.45, 2.75) is 6.42 Å². The highest BCUT2D eigenvalue weighted by molar-refractivity contribution is 9.12. The van der Waals surface area contributed by atoms with Gasteiger partial charge in [-0.15, -0.1) is 0 Å². The average Bonchev–Trinajstić information content (AvgIpc) is 2.26. The highest BCUT2D eigenvalue weighted by Crippen LogP contribution is 2.19. The summed E-state index contributed by atoms with van der Waals surface area (Å²) < 4.78 is 0.561. The lowest BCUT2D eigenvalue weighted by molar-refractivity contribution is -0.116. The third-order valence-corrected chi connectivity index (χ3v) is 2.92. The molecule has 1 aliphatic rings. The maximum absolute atomic E-state index is 11.7. The summed E-state index contributed by atoms with van der Waals surface area (Å²) in [4.78, 5) is 15.8. The van der Waals surface area contributed by atoms with E-state index in [4.69, 9.17) is 0 Å². The van der Waals surface area contributed by atoms with E-state index in [1.54, 1.807) is 12.4 Å². The average molecular weight is 264 g/mol. The summed E-state index contributed by atoms with van der Waals surface area (Å²) in [5, 5.41) is 0. The fraction of sp³-hybridized carbons (Fsp3) is 0.167. The zero-order chi connectivity index (χ0) is 10.7. The maximum Gasteiger partial charge on any atom is 0.180 e. The van der Waals surface area contributed by atoms with Crippen molar-refractivity contribution in [1.29, 1.82) is 0 Å². The van der Waals surface area contributed by atoms with Crippen LogP contribution in [0, 0.1) is 5.92 Å². The van der Waals surface area contributed by atoms with Gasteiger partial charge < -0.3 is 0 Å². The Morgan fingerprint density at radius 1 is 1.27 bits per heavy atom. The number of rotatable bonds is 2. The van der Waals surface area contributed by atoms with Crippen molar-refractivity contribution < 1.29 is 4.79 Å². The van der Waals surface area contributed by atoms with Crippen LogP contribution in [0.5, 0.6) is 0 Å². The number of nitrogens with zero attached hydrogens (tertiary/aromatic N) is 1. The molecule has 0 fully saturated rings. The summed E-state index contributed by atoms with van der Waals surface area (Å²) in [5.41, 5.74) is 1.16. The van der Waals surface area contributed by atoms with Gasteiger partial charge in [0.05, 0.1) is 10.4 Å². The molecule has 1 aromatic rings. The first-order valence-electron chi connectivity index (χ1n) is 4.74. The third-order valence-electron chi connectivity index (χ3n) is 2.32. The molecule has 1 aliphatic heterocycles. The molecule has 2 nitrogen and oxygen atoms in total. The highest BCUT2D eigenvalue weighted by atomic mass is 79.9. The number of hydrogen-bond acceptors (Lipinski definition) is 2. The molecule has 0 saturated carbocycles. The minimum absolute atomic E-state index is 0.105. The summed E-state index contributed by atoms with van der Waals surface area (Å²) in [5.74, 6) is -0.0272. The van der Waals surface area contributed by atoms with E-state index in [2.05, 4.69) is 20.9 Å². The van der Waals surface area contributed by atoms with Crippen molar-refractivity contribution in [3.8, 4) is 0 Å². The number of ketones is 1. The van der Waals surface area contributed by atoms with Crippen molar-refractivity contribution in [2.75, 3.05) is 0 Å². The molecule has 1 aromatic carbocycles. The second-order valence-electron chi connectivity index (χ2n) is 3.44. The first-order valence-corrected chi connectivity index (χ1v) is 5.54. The molecule has 0 N–H and O–H groups in total. The fourth-order valence-corrected chi connectivity index (χ4v) is 1.95. The molecule has 15 heavy (non-hydrogen) atoms. The monoisotopic (exact) mass is 263 g/mol. The molecule has 0 amide bonds. The number of benzene rings is 1. The highest BCUT2D eigenvalue weighted by Gasteiger charge is 2.21. The molecule has 1 atom stereocenters. The smallest absolute Gasteiger partial charge is 0.180 e. The summed E-state index contributed by atoms with van der Waals surface area (Å²) in [6, 6.07) is 9.96. The zero-order valence-corrected chi connectivity index (χ0v) is 9.65. The molecule has 0 radical (unpaired) electrons. The first-order chi connectivity index (χ1) is 7.27. The van der Waals surface area contributed by atoms with E-state index >= 15 is 0 Å². The van der Waals surface area contributed by atoms with Gasteiger partial charge in [-0.2, -0.15) is 0 Å². The topological polar surface area (TPSA) is 29.4 Å². The van der Waals surface area contributed by atoms with Crippen LogP contribution in [0.25, 0.3) is 0 Å². The van der Waals surface area contributed by atoms with Crippen molar-refractivity contribution in [3.63, 3.8) is 0 Å². The minimum Gasteiger partial charge on any atom is -0.293 e. The van der Waals surface area contributed by atoms with Crippen LogP contribution in [0.4, 0.5) is 0 Å². The number of hydrogen-bond donors (Lipinski definition) is 0. The lowest BCUT2D eigenvalue weighted by atomic mass is 9.95. The Morgan fingerprint density at radius 3 is 2.73 bits per heavy atom. The molecule has 0 spiro atoms. The second kappa shape index (κ2) is 4.53. The lowest BCUT2D eigenvalue weighted by Gasteiger charge is -2.13. The fourth-order valence-electron chi connectivity index (χ4n) is 1.53. The van der Waals surface area contributed by atoms with Gasteiger partial charge in [-0.25, -0.2) is 0 Å². The molecule has 1 unspecified atom stereocenters. The van der Waals surface area contributed by atoms with Crippen molar-refractivity contribution in [1.82, 2.24) is 0 Å². The van der Waals surface area contributed by atoms with Gasteiger partial charge in [-0.05, 0) is 27.9 Å². The molecule has 0 aliphatic carbocycles. The van der Waals surface area contributed by atoms with Crippen LogP contribution in [0.15, 0.2) is 46.0 Å². The second-order valence-corrected chi connectivity index (χ2v) is 4.29. The Hall–Kier alpha value is -1.22. The zero-order valence-electron chi connectivity index (χ0n) is 8.06. The van der Waals surface area contributed by atoms with Crippen LogP contribution >= 0.6 is 15.9 Å². The number of Topliss-reactive ketones (excluding diaryl/α,β-unsaturated/α-hetero) is 1. The Labute approximate surface area is 96.9 Å². The minimum atomic E-state index is -0.133. The van der Waals surface area contributed by atoms with Gasteiger partial charge in [0, 0.05) is 12.4 Å². The molecule has 0 aromatic heterocycles. The third kappa shape index (κ3) is 2.42. The molecular formula is C12H10BrNO. The van der Waals surface area contributed by atoms with Crippen LogP contribution in [-0.2, 0) is 11.2 Å². The number of halogens is 1. The molecule has 76 valence electrons. The molecule has 1 heterocycles. The van der Waals surface area contributed by atoms with Crippen LogP contribution < -0.4 is 0 Å². The van der Waals surface area contributed by atoms with Crippen LogP contribution in [0.2, 0.25) is 0 Å². The lowest BCUT2D eigenvalue weighted by Crippen LogP contribution is -2.20. The number of carbonyl (C=O) groups excluding carboxylic acids is 1. The van der Waals surface area contributed by atoms with Gasteiger partial charge in [-0.3, -0.25) is 9.79 Å². The number of aliphatic imine (C=N–C) groups is 1. The van der Waals surface area contributed by atoms with Crippen LogP contribution in [0.1, 0.15) is 5.56 Å². The largest absolute Gasteiger partial charge is 0.293 e. The van der Waals surface area contributed by atoms with Crippen LogP contribution in [0.3, 0.4) is 0 Å². The molecule has 0 saturated heterocycles. The van der Waals surface area contributed by atoms with Gasteiger partial charge >= 0.3 is 0 Å². The van der Waals surface area contributed by atoms with Crippen molar-refractivity contribution >= 4 is 27.9 Å². The predicted molar refractivity (Wildman–Crippen MR) is 64.1 cm³/mol. The van der Waals surface area contributed by atoms with Crippen LogP contribution in [-0.4, -0.2) is 12.0 Å².